The first-order chi connectivity index (χ1) is 9.60. The zero-order valence-electron chi connectivity index (χ0n) is 10.8. The van der Waals surface area contributed by atoms with Gasteiger partial charge in [-0.25, -0.2) is 13.4 Å². The molecule has 0 saturated heterocycles. The number of aromatic nitrogens is 2. The minimum Gasteiger partial charge on any atom is -0.305 e. The molecule has 0 aromatic carbocycles. The first-order valence-corrected chi connectivity index (χ1v) is 8.43. The molecule has 5 nitrogen and oxygen atoms in total. The Hall–Kier alpha value is -1.86. The average molecular weight is 307 g/mol. The van der Waals surface area contributed by atoms with E-state index in [1.54, 1.807) is 35.0 Å². The van der Waals surface area contributed by atoms with Gasteiger partial charge in [-0.05, 0) is 30.7 Å². The Bertz CT molecular complexity index is 849. The molecule has 3 aromatic rings. The molecule has 0 unspecified atom stereocenters. The second-order valence-electron chi connectivity index (χ2n) is 4.26. The van der Waals surface area contributed by atoms with Crippen molar-refractivity contribution in [3.63, 3.8) is 0 Å². The van der Waals surface area contributed by atoms with E-state index in [-0.39, 0.29) is 0 Å². The van der Waals surface area contributed by atoms with Crippen LogP contribution in [-0.2, 0) is 16.4 Å². The van der Waals surface area contributed by atoms with Gasteiger partial charge in [0.05, 0.1) is 5.69 Å². The van der Waals surface area contributed by atoms with Gasteiger partial charge in [0.2, 0.25) is 0 Å². The van der Waals surface area contributed by atoms with Crippen molar-refractivity contribution >= 4 is 32.7 Å². The summed E-state index contributed by atoms with van der Waals surface area (Å²) in [5.74, 6) is 0. The average Bonchev–Trinajstić information content (AvgIpc) is 3.08. The Kier molecular flexibility index (Phi) is 3.23. The van der Waals surface area contributed by atoms with E-state index < -0.39 is 10.0 Å². The number of aryl methyl sites for hydroxylation is 1. The van der Waals surface area contributed by atoms with Gasteiger partial charge < -0.3 is 4.40 Å². The number of hydrogen-bond donors (Lipinski definition) is 1. The molecular weight excluding hydrogens is 294 g/mol. The van der Waals surface area contributed by atoms with Gasteiger partial charge in [-0.1, -0.05) is 6.92 Å². The molecule has 3 aromatic heterocycles. The molecule has 20 heavy (non-hydrogen) atoms. The number of imidazole rings is 1. The number of pyridine rings is 1. The van der Waals surface area contributed by atoms with E-state index in [2.05, 4.69) is 9.71 Å². The second-order valence-corrected chi connectivity index (χ2v) is 7.34. The van der Waals surface area contributed by atoms with E-state index in [0.29, 0.717) is 15.5 Å². The smallest absolute Gasteiger partial charge is 0.271 e. The summed E-state index contributed by atoms with van der Waals surface area (Å²) in [6.07, 6.45) is 6.05. The molecule has 0 radical (unpaired) electrons. The van der Waals surface area contributed by atoms with E-state index >= 15 is 0 Å². The van der Waals surface area contributed by atoms with Crippen LogP contribution in [-0.4, -0.2) is 17.8 Å². The molecule has 3 rings (SSSR count). The molecule has 0 aliphatic rings. The highest BCUT2D eigenvalue weighted by Gasteiger charge is 2.18. The number of hydrogen-bond acceptors (Lipinski definition) is 4. The van der Waals surface area contributed by atoms with E-state index in [1.165, 1.54) is 11.3 Å². The third-order valence-electron chi connectivity index (χ3n) is 2.91. The van der Waals surface area contributed by atoms with Gasteiger partial charge in [0.25, 0.3) is 10.0 Å². The number of fused-ring (bicyclic) bond motifs is 1. The highest BCUT2D eigenvalue weighted by atomic mass is 32.2. The number of rotatable bonds is 4. The lowest BCUT2D eigenvalue weighted by atomic mass is 10.4. The van der Waals surface area contributed by atoms with Crippen LogP contribution >= 0.6 is 11.3 Å². The van der Waals surface area contributed by atoms with Crippen molar-refractivity contribution in [2.75, 3.05) is 4.72 Å². The van der Waals surface area contributed by atoms with Crippen LogP contribution in [0, 0.1) is 0 Å². The summed E-state index contributed by atoms with van der Waals surface area (Å²) in [5, 5.41) is 0. The predicted molar refractivity (Wildman–Crippen MR) is 79.7 cm³/mol. The normalized spacial score (nSPS) is 11.8. The second kappa shape index (κ2) is 4.92. The molecule has 0 fully saturated rings. The van der Waals surface area contributed by atoms with E-state index in [4.69, 9.17) is 0 Å². The van der Waals surface area contributed by atoms with Crippen molar-refractivity contribution in [3.05, 3.63) is 47.7 Å². The van der Waals surface area contributed by atoms with Gasteiger partial charge in [-0.15, -0.1) is 11.3 Å². The molecule has 0 aliphatic heterocycles. The number of nitrogens with one attached hydrogen (secondary N) is 1. The molecule has 0 amide bonds. The van der Waals surface area contributed by atoms with Crippen LogP contribution in [0.5, 0.6) is 0 Å². The van der Waals surface area contributed by atoms with E-state index in [0.717, 1.165) is 11.3 Å². The molecule has 3 heterocycles. The fourth-order valence-electron chi connectivity index (χ4n) is 1.92. The summed E-state index contributed by atoms with van der Waals surface area (Å²) in [6.45, 7) is 2.00. The first kappa shape index (κ1) is 13.1. The quantitative estimate of drug-likeness (QED) is 0.806. The topological polar surface area (TPSA) is 63.5 Å². The van der Waals surface area contributed by atoms with Crippen molar-refractivity contribution in [3.8, 4) is 0 Å². The molecule has 1 N–H and O–H groups in total. The van der Waals surface area contributed by atoms with Crippen LogP contribution in [0.3, 0.4) is 0 Å². The van der Waals surface area contributed by atoms with Crippen LogP contribution in [0.1, 0.15) is 11.8 Å². The molecule has 0 aliphatic carbocycles. The van der Waals surface area contributed by atoms with Crippen LogP contribution in [0.4, 0.5) is 5.69 Å². The summed E-state index contributed by atoms with van der Waals surface area (Å²) < 4.78 is 29.4. The zero-order chi connectivity index (χ0) is 14.2. The van der Waals surface area contributed by atoms with Crippen molar-refractivity contribution in [2.45, 2.75) is 17.6 Å². The SMILES string of the molecule is CCc1ccc(S(=O)(=O)Nc2cccn3ccnc23)s1. The number of anilines is 1. The van der Waals surface area contributed by atoms with Gasteiger partial charge in [-0.3, -0.25) is 4.72 Å². The Morgan fingerprint density at radius 1 is 1.30 bits per heavy atom. The van der Waals surface area contributed by atoms with Gasteiger partial charge in [0.1, 0.15) is 4.21 Å². The van der Waals surface area contributed by atoms with Crippen LogP contribution < -0.4 is 4.72 Å². The first-order valence-electron chi connectivity index (χ1n) is 6.13. The summed E-state index contributed by atoms with van der Waals surface area (Å²) in [5.41, 5.74) is 1.06. The van der Waals surface area contributed by atoms with Gasteiger partial charge in [-0.2, -0.15) is 0 Å². The van der Waals surface area contributed by atoms with Gasteiger partial charge in [0, 0.05) is 23.5 Å². The molecule has 0 saturated carbocycles. The third kappa shape index (κ3) is 2.30. The fraction of sp³-hybridized carbons (Fsp3) is 0.154. The molecule has 104 valence electrons. The highest BCUT2D eigenvalue weighted by Crippen LogP contribution is 2.25. The summed E-state index contributed by atoms with van der Waals surface area (Å²) in [4.78, 5) is 5.20. The lowest BCUT2D eigenvalue weighted by molar-refractivity contribution is 0.603. The maximum absolute atomic E-state index is 12.4. The van der Waals surface area contributed by atoms with E-state index in [1.807, 2.05) is 19.2 Å². The lowest BCUT2D eigenvalue weighted by Crippen LogP contribution is -2.12. The number of thiophene rings is 1. The van der Waals surface area contributed by atoms with Gasteiger partial charge >= 0.3 is 0 Å². The standard InChI is InChI=1S/C13H13N3O2S2/c1-2-10-5-6-12(19-10)20(17,18)15-11-4-3-8-16-9-7-14-13(11)16/h3-9,15H,2H2,1H3. The van der Waals surface area contributed by atoms with Crippen LogP contribution in [0.15, 0.2) is 47.1 Å². The minimum atomic E-state index is -3.56. The summed E-state index contributed by atoms with van der Waals surface area (Å²) in [7, 11) is -3.56. The molecule has 0 spiro atoms. The Balaban J connectivity index is 1.99. The summed E-state index contributed by atoms with van der Waals surface area (Å²) in [6, 6.07) is 6.96. The van der Waals surface area contributed by atoms with Gasteiger partial charge in [0.15, 0.2) is 5.65 Å². The van der Waals surface area contributed by atoms with E-state index in [9.17, 15) is 8.42 Å². The molecule has 7 heteroatoms. The third-order valence-corrected chi connectivity index (χ3v) is 6.00. The molecule has 0 bridgehead atoms. The molecular formula is C13H13N3O2S2. The van der Waals surface area contributed by atoms with Crippen molar-refractivity contribution < 1.29 is 8.42 Å². The maximum Gasteiger partial charge on any atom is 0.271 e. The highest BCUT2D eigenvalue weighted by molar-refractivity contribution is 7.94. The van der Waals surface area contributed by atoms with Crippen molar-refractivity contribution in [2.24, 2.45) is 0 Å². The minimum absolute atomic E-state index is 0.322. The monoisotopic (exact) mass is 307 g/mol. The number of sulfonamides is 1. The molecule has 0 atom stereocenters. The maximum atomic E-state index is 12.4. The zero-order valence-corrected chi connectivity index (χ0v) is 12.4. The summed E-state index contributed by atoms with van der Waals surface area (Å²) >= 11 is 1.29. The predicted octanol–water partition coefficient (Wildman–Crippen LogP) is 2.76. The Morgan fingerprint density at radius 3 is 2.90 bits per heavy atom. The van der Waals surface area contributed by atoms with Crippen molar-refractivity contribution in [1.82, 2.24) is 9.38 Å². The Labute approximate surface area is 121 Å². The van der Waals surface area contributed by atoms with Crippen LogP contribution in [0.25, 0.3) is 5.65 Å². The number of nitrogens with zero attached hydrogens (tertiary/aromatic N) is 2. The Morgan fingerprint density at radius 2 is 2.15 bits per heavy atom. The fourth-order valence-corrected chi connectivity index (χ4v) is 4.27. The van der Waals surface area contributed by atoms with Crippen molar-refractivity contribution in [1.29, 1.82) is 0 Å². The van der Waals surface area contributed by atoms with Crippen LogP contribution in [0.2, 0.25) is 0 Å². The lowest BCUT2D eigenvalue weighted by Gasteiger charge is -2.07. The largest absolute Gasteiger partial charge is 0.305 e.